The van der Waals surface area contributed by atoms with Crippen LogP contribution in [0.25, 0.3) is 11.1 Å². The molecule has 3 aromatic rings. The Balaban J connectivity index is 1.78. The molecule has 0 aliphatic carbocycles. The van der Waals surface area contributed by atoms with Crippen molar-refractivity contribution < 1.29 is 17.2 Å². The van der Waals surface area contributed by atoms with Crippen LogP contribution in [0.3, 0.4) is 0 Å². The minimum atomic E-state index is -3.66. The van der Waals surface area contributed by atoms with Crippen molar-refractivity contribution >= 4 is 39.1 Å². The van der Waals surface area contributed by atoms with Crippen LogP contribution in [0, 0.1) is 11.6 Å². The topological polar surface area (TPSA) is 96.0 Å². The van der Waals surface area contributed by atoms with Gasteiger partial charge in [0.2, 0.25) is 16.0 Å². The van der Waals surface area contributed by atoms with Gasteiger partial charge in [-0.2, -0.15) is 4.98 Å². The molecule has 4 rings (SSSR count). The van der Waals surface area contributed by atoms with Crippen LogP contribution in [0.1, 0.15) is 6.42 Å². The first-order valence-corrected chi connectivity index (χ1v) is 10.8. The van der Waals surface area contributed by atoms with Crippen molar-refractivity contribution in [3.05, 3.63) is 59.3 Å². The Kier molecular flexibility index (Phi) is 5.54. The van der Waals surface area contributed by atoms with Crippen molar-refractivity contribution in [2.75, 3.05) is 23.7 Å². The zero-order valence-corrected chi connectivity index (χ0v) is 17.0. The fraction of sp³-hybridized carbons (Fsp3) is 0.158. The molecular weight excluding hydrogens is 436 g/mol. The van der Waals surface area contributed by atoms with Gasteiger partial charge in [0.1, 0.15) is 17.5 Å². The second-order valence-corrected chi connectivity index (χ2v) is 8.71. The second kappa shape index (κ2) is 8.13. The predicted molar refractivity (Wildman–Crippen MR) is 110 cm³/mol. The van der Waals surface area contributed by atoms with Gasteiger partial charge in [0.05, 0.1) is 9.92 Å². The molecule has 156 valence electrons. The summed E-state index contributed by atoms with van der Waals surface area (Å²) in [5, 5.41) is 5.77. The van der Waals surface area contributed by atoms with Crippen LogP contribution in [0.4, 0.5) is 26.2 Å². The molecule has 2 aromatic carbocycles. The maximum Gasteiger partial charge on any atom is 0.240 e. The number of rotatable bonds is 1. The van der Waals surface area contributed by atoms with Gasteiger partial charge in [-0.15, -0.1) is 0 Å². The van der Waals surface area contributed by atoms with E-state index in [1.54, 1.807) is 12.1 Å². The molecule has 0 unspecified atom stereocenters. The number of hydrogen-bond donors (Lipinski definition) is 3. The highest BCUT2D eigenvalue weighted by atomic mass is 35.5. The Bertz CT molecular complexity index is 1220. The van der Waals surface area contributed by atoms with E-state index < -0.39 is 21.7 Å². The third-order valence-electron chi connectivity index (χ3n) is 4.43. The molecule has 30 heavy (non-hydrogen) atoms. The normalized spacial score (nSPS) is 15.7. The lowest BCUT2D eigenvalue weighted by atomic mass is 10.1. The Morgan fingerprint density at radius 3 is 2.70 bits per heavy atom. The molecule has 1 aliphatic rings. The Morgan fingerprint density at radius 2 is 1.87 bits per heavy atom. The second-order valence-electron chi connectivity index (χ2n) is 6.53. The standard InChI is InChI=1S/C19H16ClF2N5O2S/c20-15-8-13(16(21)9-17(15)22)14-10-24-19-26-11-3-1-4-12(7-11)30(28,29)25-6-2-5-23-18(14)27-19/h1,3-4,7-10,25H,2,5-6H2,(H2,23,24,26,27). The van der Waals surface area contributed by atoms with E-state index in [0.717, 1.165) is 0 Å². The summed E-state index contributed by atoms with van der Waals surface area (Å²) >= 11 is 5.82. The number of nitrogens with zero attached hydrogens (tertiary/aromatic N) is 2. The summed E-state index contributed by atoms with van der Waals surface area (Å²) in [4.78, 5) is 8.69. The largest absolute Gasteiger partial charge is 0.369 e. The number of sulfonamides is 1. The molecule has 0 saturated carbocycles. The van der Waals surface area contributed by atoms with Crippen LogP contribution >= 0.6 is 11.6 Å². The highest BCUT2D eigenvalue weighted by molar-refractivity contribution is 7.89. The van der Waals surface area contributed by atoms with E-state index in [0.29, 0.717) is 36.1 Å². The first-order chi connectivity index (χ1) is 14.3. The minimum absolute atomic E-state index is 0.0440. The van der Waals surface area contributed by atoms with E-state index >= 15 is 0 Å². The summed E-state index contributed by atoms with van der Waals surface area (Å²) in [6.07, 6.45) is 1.83. The third kappa shape index (κ3) is 4.20. The average molecular weight is 452 g/mol. The molecule has 7 nitrogen and oxygen atoms in total. The fourth-order valence-electron chi connectivity index (χ4n) is 2.96. The molecular formula is C19H16ClF2N5O2S. The molecule has 4 bridgehead atoms. The molecule has 0 amide bonds. The minimum Gasteiger partial charge on any atom is -0.369 e. The van der Waals surface area contributed by atoms with Crippen LogP contribution in [0.5, 0.6) is 0 Å². The highest BCUT2D eigenvalue weighted by Gasteiger charge is 2.18. The van der Waals surface area contributed by atoms with Gasteiger partial charge in [-0.25, -0.2) is 26.9 Å². The van der Waals surface area contributed by atoms with E-state index in [-0.39, 0.29) is 28.0 Å². The molecule has 1 aromatic heterocycles. The number of aromatic nitrogens is 2. The number of anilines is 3. The molecule has 11 heteroatoms. The van der Waals surface area contributed by atoms with Crippen LogP contribution in [-0.2, 0) is 10.0 Å². The van der Waals surface area contributed by atoms with Gasteiger partial charge in [0.15, 0.2) is 0 Å². The van der Waals surface area contributed by atoms with Gasteiger partial charge in [-0.3, -0.25) is 0 Å². The first-order valence-electron chi connectivity index (χ1n) is 8.96. The number of nitrogens with one attached hydrogen (secondary N) is 3. The molecule has 0 atom stereocenters. The van der Waals surface area contributed by atoms with Crippen LogP contribution in [-0.4, -0.2) is 31.5 Å². The van der Waals surface area contributed by atoms with Crippen molar-refractivity contribution in [3.63, 3.8) is 0 Å². The van der Waals surface area contributed by atoms with Gasteiger partial charge >= 0.3 is 0 Å². The van der Waals surface area contributed by atoms with Gasteiger partial charge in [0, 0.05) is 42.2 Å². The summed E-state index contributed by atoms with van der Waals surface area (Å²) in [6.45, 7) is 0.539. The van der Waals surface area contributed by atoms with Crippen molar-refractivity contribution in [2.24, 2.45) is 0 Å². The van der Waals surface area contributed by atoms with E-state index in [2.05, 4.69) is 25.3 Å². The Labute approximate surface area is 176 Å². The predicted octanol–water partition coefficient (Wildman–Crippen LogP) is 3.91. The van der Waals surface area contributed by atoms with Gasteiger partial charge in [-0.1, -0.05) is 17.7 Å². The SMILES string of the molecule is O=S1(=O)NCCCNc2nc(ncc2-c2cc(Cl)c(F)cc2F)Nc2cccc1c2. The molecule has 0 fully saturated rings. The molecule has 2 heterocycles. The molecule has 0 radical (unpaired) electrons. The Hall–Kier alpha value is -2.82. The molecule has 0 saturated heterocycles. The fourth-order valence-corrected chi connectivity index (χ4v) is 4.24. The van der Waals surface area contributed by atoms with Gasteiger partial charge in [-0.05, 0) is 30.7 Å². The lowest BCUT2D eigenvalue weighted by Gasteiger charge is -2.14. The van der Waals surface area contributed by atoms with Crippen molar-refractivity contribution in [1.82, 2.24) is 14.7 Å². The maximum atomic E-state index is 14.4. The van der Waals surface area contributed by atoms with Crippen molar-refractivity contribution in [2.45, 2.75) is 11.3 Å². The number of hydrogen-bond acceptors (Lipinski definition) is 6. The van der Waals surface area contributed by atoms with Crippen molar-refractivity contribution in [1.29, 1.82) is 0 Å². The van der Waals surface area contributed by atoms with Crippen LogP contribution < -0.4 is 15.4 Å². The number of halogens is 3. The Morgan fingerprint density at radius 1 is 1.03 bits per heavy atom. The van der Waals surface area contributed by atoms with Gasteiger partial charge in [0.25, 0.3) is 0 Å². The lowest BCUT2D eigenvalue weighted by molar-refractivity contribution is 0.580. The zero-order valence-electron chi connectivity index (χ0n) is 15.4. The molecule has 1 aliphatic heterocycles. The van der Waals surface area contributed by atoms with E-state index in [1.165, 1.54) is 24.4 Å². The summed E-state index contributed by atoms with van der Waals surface area (Å²) < 4.78 is 55.3. The maximum absolute atomic E-state index is 14.4. The molecule has 3 N–H and O–H groups in total. The van der Waals surface area contributed by atoms with E-state index in [9.17, 15) is 17.2 Å². The van der Waals surface area contributed by atoms with E-state index in [4.69, 9.17) is 11.6 Å². The van der Waals surface area contributed by atoms with Crippen LogP contribution in [0.2, 0.25) is 5.02 Å². The monoisotopic (exact) mass is 451 g/mol. The van der Waals surface area contributed by atoms with E-state index in [1.807, 2.05) is 0 Å². The van der Waals surface area contributed by atoms with Gasteiger partial charge < -0.3 is 10.6 Å². The summed E-state index contributed by atoms with van der Waals surface area (Å²) in [6, 6.07) is 8.10. The quantitative estimate of drug-likeness (QED) is 0.485. The van der Waals surface area contributed by atoms with Crippen molar-refractivity contribution in [3.8, 4) is 11.1 Å². The first kappa shape index (κ1) is 20.5. The smallest absolute Gasteiger partial charge is 0.240 e. The third-order valence-corrected chi connectivity index (χ3v) is 6.18. The number of benzene rings is 2. The summed E-state index contributed by atoms with van der Waals surface area (Å²) in [5.41, 5.74) is 0.804. The lowest BCUT2D eigenvalue weighted by Crippen LogP contribution is -2.26. The number of fused-ring (bicyclic) bond motifs is 4. The molecule has 0 spiro atoms. The van der Waals surface area contributed by atoms with Crippen LogP contribution in [0.15, 0.2) is 47.5 Å². The summed E-state index contributed by atoms with van der Waals surface area (Å²) in [7, 11) is -3.66. The zero-order chi connectivity index (χ0) is 21.3. The summed E-state index contributed by atoms with van der Waals surface area (Å²) in [5.74, 6) is -1.19. The highest BCUT2D eigenvalue weighted by Crippen LogP contribution is 2.33. The average Bonchev–Trinajstić information content (AvgIpc) is 2.71.